The highest BCUT2D eigenvalue weighted by Gasteiger charge is 2.32. The smallest absolute Gasteiger partial charge is 0.346 e. The summed E-state index contributed by atoms with van der Waals surface area (Å²) < 4.78 is 6.95. The fourth-order valence-corrected chi connectivity index (χ4v) is 3.75. The van der Waals surface area contributed by atoms with Crippen LogP contribution in [0.3, 0.4) is 0 Å². The summed E-state index contributed by atoms with van der Waals surface area (Å²) in [7, 11) is 1.50. The SMILES string of the molecule is COc1ncc(-c2ccc3nc(N)nn3c2)cc1NC(=O)N1OCC[C@H]1c1ccccc1. The molecule has 1 atom stereocenters. The number of methoxy groups -OCH3 is 1. The number of carbonyl (C=O) groups is 1. The van der Waals surface area contributed by atoms with Gasteiger partial charge in [-0.1, -0.05) is 30.3 Å². The quantitative estimate of drug-likeness (QED) is 0.509. The number of urea groups is 1. The van der Waals surface area contributed by atoms with Crippen LogP contribution in [0, 0.1) is 0 Å². The Morgan fingerprint density at radius 3 is 2.88 bits per heavy atom. The average molecular weight is 431 g/mol. The zero-order valence-corrected chi connectivity index (χ0v) is 17.3. The Hall–Kier alpha value is -4.18. The Balaban J connectivity index is 1.43. The number of fused-ring (bicyclic) bond motifs is 1. The molecule has 32 heavy (non-hydrogen) atoms. The van der Waals surface area contributed by atoms with Gasteiger partial charge in [-0.05, 0) is 23.8 Å². The first-order valence-corrected chi connectivity index (χ1v) is 10.1. The summed E-state index contributed by atoms with van der Waals surface area (Å²) in [5.41, 5.74) is 9.34. The van der Waals surface area contributed by atoms with Crippen LogP contribution in [0.15, 0.2) is 60.9 Å². The maximum Gasteiger partial charge on any atom is 0.346 e. The number of hydrogen-bond donors (Lipinski definition) is 2. The van der Waals surface area contributed by atoms with Gasteiger partial charge in [-0.15, -0.1) is 5.10 Å². The lowest BCUT2D eigenvalue weighted by Gasteiger charge is -2.23. The molecular formula is C22H21N7O3. The second kappa shape index (κ2) is 8.16. The topological polar surface area (TPSA) is 120 Å². The summed E-state index contributed by atoms with van der Waals surface area (Å²) >= 11 is 0. The van der Waals surface area contributed by atoms with Crippen LogP contribution in [-0.2, 0) is 4.84 Å². The van der Waals surface area contributed by atoms with Gasteiger partial charge in [-0.3, -0.25) is 4.84 Å². The number of nitrogens with zero attached hydrogens (tertiary/aromatic N) is 5. The first-order valence-electron chi connectivity index (χ1n) is 10.1. The van der Waals surface area contributed by atoms with Crippen molar-refractivity contribution in [3.05, 3.63) is 66.5 Å². The third-order valence-corrected chi connectivity index (χ3v) is 5.26. The zero-order chi connectivity index (χ0) is 22.1. The van der Waals surface area contributed by atoms with Crippen molar-refractivity contribution >= 4 is 23.3 Å². The first kappa shape index (κ1) is 19.8. The van der Waals surface area contributed by atoms with Gasteiger partial charge in [-0.25, -0.2) is 14.3 Å². The number of ether oxygens (including phenoxy) is 1. The number of rotatable bonds is 4. The van der Waals surface area contributed by atoms with Gasteiger partial charge in [0.05, 0.1) is 19.8 Å². The maximum absolute atomic E-state index is 13.1. The van der Waals surface area contributed by atoms with Crippen molar-refractivity contribution in [2.45, 2.75) is 12.5 Å². The Bertz CT molecular complexity index is 1280. The Morgan fingerprint density at radius 2 is 2.06 bits per heavy atom. The summed E-state index contributed by atoms with van der Waals surface area (Å²) in [6.07, 6.45) is 4.17. The molecule has 0 saturated carbocycles. The number of anilines is 2. The van der Waals surface area contributed by atoms with E-state index in [1.807, 2.05) is 42.5 Å². The molecule has 5 rings (SSSR count). The number of nitrogen functional groups attached to an aromatic ring is 1. The molecule has 0 aliphatic carbocycles. The highest BCUT2D eigenvalue weighted by Crippen LogP contribution is 2.33. The van der Waals surface area contributed by atoms with Crippen LogP contribution in [0.25, 0.3) is 16.8 Å². The van der Waals surface area contributed by atoms with Crippen molar-refractivity contribution < 1.29 is 14.4 Å². The van der Waals surface area contributed by atoms with Crippen molar-refractivity contribution in [1.82, 2.24) is 24.6 Å². The Kier molecular flexibility index (Phi) is 5.04. The molecule has 2 amide bonds. The molecule has 162 valence electrons. The molecule has 1 saturated heterocycles. The third kappa shape index (κ3) is 3.67. The van der Waals surface area contributed by atoms with E-state index in [0.717, 1.165) is 16.7 Å². The van der Waals surface area contributed by atoms with Crippen LogP contribution in [0.2, 0.25) is 0 Å². The highest BCUT2D eigenvalue weighted by molar-refractivity contribution is 5.91. The molecule has 1 aromatic carbocycles. The molecule has 3 N–H and O–H groups in total. The van der Waals surface area contributed by atoms with Crippen LogP contribution in [0.1, 0.15) is 18.0 Å². The van der Waals surface area contributed by atoms with E-state index in [1.54, 1.807) is 23.0 Å². The lowest BCUT2D eigenvalue weighted by molar-refractivity contribution is -0.0830. The molecule has 10 nitrogen and oxygen atoms in total. The number of benzene rings is 1. The van der Waals surface area contributed by atoms with Crippen LogP contribution in [-0.4, -0.2) is 44.4 Å². The van der Waals surface area contributed by atoms with Crippen molar-refractivity contribution in [3.8, 4) is 17.0 Å². The Morgan fingerprint density at radius 1 is 1.22 bits per heavy atom. The number of nitrogens with one attached hydrogen (secondary N) is 1. The van der Waals surface area contributed by atoms with Gasteiger partial charge in [-0.2, -0.15) is 10.0 Å². The van der Waals surface area contributed by atoms with E-state index in [0.29, 0.717) is 30.2 Å². The van der Waals surface area contributed by atoms with Crippen molar-refractivity contribution in [2.75, 3.05) is 24.8 Å². The lowest BCUT2D eigenvalue weighted by atomic mass is 10.1. The minimum absolute atomic E-state index is 0.168. The van der Waals surface area contributed by atoms with Crippen molar-refractivity contribution in [1.29, 1.82) is 0 Å². The fraction of sp³-hybridized carbons (Fsp3) is 0.182. The molecule has 1 aliphatic rings. The van der Waals surface area contributed by atoms with Gasteiger partial charge in [0.25, 0.3) is 0 Å². The Labute approximate surface area is 183 Å². The number of hydrogen-bond acceptors (Lipinski definition) is 7. The molecule has 0 radical (unpaired) electrons. The largest absolute Gasteiger partial charge is 0.480 e. The van der Waals surface area contributed by atoms with Crippen LogP contribution in [0.5, 0.6) is 5.88 Å². The zero-order valence-electron chi connectivity index (χ0n) is 17.3. The second-order valence-electron chi connectivity index (χ2n) is 7.28. The number of amides is 2. The molecular weight excluding hydrogens is 410 g/mol. The molecule has 10 heteroatoms. The number of pyridine rings is 2. The summed E-state index contributed by atoms with van der Waals surface area (Å²) in [5.74, 6) is 0.491. The van der Waals surface area contributed by atoms with Gasteiger partial charge in [0.2, 0.25) is 11.8 Å². The molecule has 3 aromatic heterocycles. The number of aromatic nitrogens is 4. The van der Waals surface area contributed by atoms with E-state index >= 15 is 0 Å². The molecule has 0 bridgehead atoms. The van der Waals surface area contributed by atoms with Crippen molar-refractivity contribution in [3.63, 3.8) is 0 Å². The first-order chi connectivity index (χ1) is 15.6. The van der Waals surface area contributed by atoms with Gasteiger partial charge < -0.3 is 15.8 Å². The van der Waals surface area contributed by atoms with Crippen molar-refractivity contribution in [2.24, 2.45) is 0 Å². The highest BCUT2D eigenvalue weighted by atomic mass is 16.7. The van der Waals surface area contributed by atoms with Gasteiger partial charge >= 0.3 is 6.03 Å². The molecule has 1 aliphatic heterocycles. The van der Waals surface area contributed by atoms with E-state index in [1.165, 1.54) is 12.2 Å². The number of hydroxylamine groups is 2. The van der Waals surface area contributed by atoms with Crippen LogP contribution >= 0.6 is 0 Å². The number of nitrogens with two attached hydrogens (primary N) is 1. The van der Waals surface area contributed by atoms with Crippen LogP contribution < -0.4 is 15.8 Å². The van der Waals surface area contributed by atoms with E-state index in [9.17, 15) is 4.79 Å². The summed E-state index contributed by atoms with van der Waals surface area (Å²) in [6, 6.07) is 14.7. The van der Waals surface area contributed by atoms with E-state index in [2.05, 4.69) is 20.4 Å². The maximum atomic E-state index is 13.1. The molecule has 0 spiro atoms. The predicted octanol–water partition coefficient (Wildman–Crippen LogP) is 3.29. The third-order valence-electron chi connectivity index (χ3n) is 5.26. The summed E-state index contributed by atoms with van der Waals surface area (Å²) in [4.78, 5) is 27.2. The normalized spacial score (nSPS) is 15.8. The van der Waals surface area contributed by atoms with E-state index < -0.39 is 6.03 Å². The fourth-order valence-electron chi connectivity index (χ4n) is 3.75. The van der Waals surface area contributed by atoms with Crippen LogP contribution in [0.4, 0.5) is 16.4 Å². The monoisotopic (exact) mass is 431 g/mol. The minimum Gasteiger partial charge on any atom is -0.480 e. The number of carbonyl (C=O) groups excluding carboxylic acids is 1. The van der Waals surface area contributed by atoms with Gasteiger partial charge in [0.1, 0.15) is 5.69 Å². The average Bonchev–Trinajstić information content (AvgIpc) is 3.45. The predicted molar refractivity (Wildman–Crippen MR) is 118 cm³/mol. The van der Waals surface area contributed by atoms with E-state index in [-0.39, 0.29) is 12.0 Å². The van der Waals surface area contributed by atoms with E-state index in [4.69, 9.17) is 15.3 Å². The molecule has 0 unspecified atom stereocenters. The second-order valence-corrected chi connectivity index (χ2v) is 7.28. The molecule has 4 heterocycles. The standard InChI is InChI=1S/C22H21N7O3/c1-31-20-17(25-22(30)29-18(9-10-32-29)14-5-3-2-4-6-14)11-16(12-24-20)15-7-8-19-26-21(23)27-28(19)13-15/h2-8,11-13,18H,9-10H2,1H3,(H2,23,27)(H,25,30)/t18-/m0/s1. The summed E-state index contributed by atoms with van der Waals surface area (Å²) in [5, 5.41) is 8.38. The molecule has 1 fully saturated rings. The summed E-state index contributed by atoms with van der Waals surface area (Å²) in [6.45, 7) is 0.462. The lowest BCUT2D eigenvalue weighted by Crippen LogP contribution is -2.33. The molecule has 4 aromatic rings. The minimum atomic E-state index is -0.395. The van der Waals surface area contributed by atoms with Gasteiger partial charge in [0.15, 0.2) is 5.65 Å². The van der Waals surface area contributed by atoms with Gasteiger partial charge in [0, 0.05) is 29.9 Å².